The molecule has 0 aliphatic rings. The number of carbonyl (C=O) groups excluding carboxylic acids is 1. The van der Waals surface area contributed by atoms with E-state index in [0.29, 0.717) is 6.54 Å². The zero-order valence-corrected chi connectivity index (χ0v) is 16.9. The van der Waals surface area contributed by atoms with Gasteiger partial charge in [-0.3, -0.25) is 0 Å². The minimum atomic E-state index is -0.589. The lowest BCUT2D eigenvalue weighted by molar-refractivity contribution is -0.0000739. The molecule has 0 aromatic rings. The summed E-state index contributed by atoms with van der Waals surface area (Å²) in [7, 11) is 0. The second kappa shape index (κ2) is 14.4. The summed E-state index contributed by atoms with van der Waals surface area (Å²) in [6, 6.07) is -0.589. The van der Waals surface area contributed by atoms with Crippen LogP contribution in [0.4, 0.5) is 4.79 Å². The van der Waals surface area contributed by atoms with Crippen LogP contribution in [-0.4, -0.2) is 52.6 Å². The highest BCUT2D eigenvalue weighted by atomic mass is 16.6. The number of nitrogens with zero attached hydrogens (tertiary/aromatic N) is 1. The third kappa shape index (κ3) is 13.1. The SMILES string of the molecule is CCCCCCCCCCCCN(C(=O)OC(C)(C)C)C(CO)CO. The Hall–Kier alpha value is -0.810. The quantitative estimate of drug-likeness (QED) is 0.448. The molecule has 0 saturated carbocycles. The first-order chi connectivity index (χ1) is 11.9. The van der Waals surface area contributed by atoms with Crippen molar-refractivity contribution in [2.45, 2.75) is 104 Å². The van der Waals surface area contributed by atoms with E-state index in [9.17, 15) is 15.0 Å². The number of aliphatic hydroxyl groups excluding tert-OH is 2. The van der Waals surface area contributed by atoms with E-state index in [1.54, 1.807) is 0 Å². The lowest BCUT2D eigenvalue weighted by Crippen LogP contribution is -2.47. The van der Waals surface area contributed by atoms with Crippen molar-refractivity contribution in [3.05, 3.63) is 0 Å². The van der Waals surface area contributed by atoms with Gasteiger partial charge in [-0.1, -0.05) is 64.7 Å². The van der Waals surface area contributed by atoms with E-state index in [0.717, 1.165) is 12.8 Å². The fourth-order valence-corrected chi connectivity index (χ4v) is 2.77. The largest absolute Gasteiger partial charge is 0.444 e. The summed E-state index contributed by atoms with van der Waals surface area (Å²) in [5.74, 6) is 0. The molecule has 0 aliphatic carbocycles. The number of aliphatic hydroxyl groups is 2. The van der Waals surface area contributed by atoms with Crippen LogP contribution in [0.15, 0.2) is 0 Å². The molecule has 5 nitrogen and oxygen atoms in total. The van der Waals surface area contributed by atoms with Crippen LogP contribution in [0.5, 0.6) is 0 Å². The molecule has 0 aliphatic heterocycles. The minimum absolute atomic E-state index is 0.256. The maximum atomic E-state index is 12.3. The van der Waals surface area contributed by atoms with Crippen molar-refractivity contribution < 1.29 is 19.7 Å². The topological polar surface area (TPSA) is 70.0 Å². The fourth-order valence-electron chi connectivity index (χ4n) is 2.77. The zero-order chi connectivity index (χ0) is 19.1. The van der Waals surface area contributed by atoms with Gasteiger partial charge < -0.3 is 19.8 Å². The molecule has 0 aromatic carbocycles. The predicted molar refractivity (Wildman–Crippen MR) is 103 cm³/mol. The fraction of sp³-hybridized carbons (Fsp3) is 0.950. The Morgan fingerprint density at radius 1 is 0.880 bits per heavy atom. The minimum Gasteiger partial charge on any atom is -0.444 e. The summed E-state index contributed by atoms with van der Waals surface area (Å²) >= 11 is 0. The summed E-state index contributed by atoms with van der Waals surface area (Å²) in [6.45, 7) is 7.68. The van der Waals surface area contributed by atoms with Crippen LogP contribution in [0.1, 0.15) is 91.9 Å². The molecule has 0 bridgehead atoms. The Kier molecular flexibility index (Phi) is 13.9. The van der Waals surface area contributed by atoms with Crippen LogP contribution in [0.3, 0.4) is 0 Å². The summed E-state index contributed by atoms with van der Waals surface area (Å²) in [6.07, 6.45) is 11.8. The molecule has 0 atom stereocenters. The van der Waals surface area contributed by atoms with Crippen LogP contribution in [0, 0.1) is 0 Å². The summed E-state index contributed by atoms with van der Waals surface area (Å²) in [5.41, 5.74) is -0.581. The monoisotopic (exact) mass is 359 g/mol. The molecule has 0 aromatic heterocycles. The highest BCUT2D eigenvalue weighted by Crippen LogP contribution is 2.15. The number of unbranched alkanes of at least 4 members (excludes halogenated alkanes) is 9. The van der Waals surface area contributed by atoms with Gasteiger partial charge >= 0.3 is 6.09 Å². The predicted octanol–water partition coefficient (Wildman–Crippen LogP) is 4.50. The molecule has 0 spiro atoms. The normalized spacial score (nSPS) is 11.8. The summed E-state index contributed by atoms with van der Waals surface area (Å²) in [5, 5.41) is 18.8. The highest BCUT2D eigenvalue weighted by Gasteiger charge is 2.27. The van der Waals surface area contributed by atoms with Gasteiger partial charge in [-0.25, -0.2) is 4.79 Å². The number of hydrogen-bond donors (Lipinski definition) is 2. The van der Waals surface area contributed by atoms with Crippen LogP contribution in [0.2, 0.25) is 0 Å². The molecule has 0 unspecified atom stereocenters. The van der Waals surface area contributed by atoms with Gasteiger partial charge in [0.15, 0.2) is 0 Å². The van der Waals surface area contributed by atoms with Crippen molar-refractivity contribution in [1.82, 2.24) is 4.90 Å². The Bertz CT molecular complexity index is 324. The Morgan fingerprint density at radius 3 is 1.72 bits per heavy atom. The average molecular weight is 360 g/mol. The smallest absolute Gasteiger partial charge is 0.410 e. The molecule has 5 heteroatoms. The lowest BCUT2D eigenvalue weighted by Gasteiger charge is -2.31. The molecule has 1 amide bonds. The van der Waals surface area contributed by atoms with Gasteiger partial charge in [-0.2, -0.15) is 0 Å². The van der Waals surface area contributed by atoms with Crippen LogP contribution >= 0.6 is 0 Å². The third-order valence-electron chi connectivity index (χ3n) is 4.24. The molecule has 150 valence electrons. The van der Waals surface area contributed by atoms with Crippen molar-refractivity contribution in [1.29, 1.82) is 0 Å². The van der Waals surface area contributed by atoms with E-state index in [1.807, 2.05) is 20.8 Å². The van der Waals surface area contributed by atoms with Crippen LogP contribution in [-0.2, 0) is 4.74 Å². The average Bonchev–Trinajstić information content (AvgIpc) is 2.54. The van der Waals surface area contributed by atoms with E-state index in [-0.39, 0.29) is 13.2 Å². The van der Waals surface area contributed by atoms with Crippen molar-refractivity contribution in [2.24, 2.45) is 0 Å². The first-order valence-electron chi connectivity index (χ1n) is 10.1. The van der Waals surface area contributed by atoms with E-state index in [4.69, 9.17) is 4.74 Å². The lowest BCUT2D eigenvalue weighted by atomic mass is 10.1. The molecular weight excluding hydrogens is 318 g/mol. The van der Waals surface area contributed by atoms with Crippen molar-refractivity contribution >= 4 is 6.09 Å². The molecule has 0 heterocycles. The number of carbonyl (C=O) groups is 1. The Balaban J connectivity index is 4.05. The summed E-state index contributed by atoms with van der Waals surface area (Å²) < 4.78 is 5.39. The Labute approximate surface area is 154 Å². The van der Waals surface area contributed by atoms with Crippen molar-refractivity contribution in [3.8, 4) is 0 Å². The van der Waals surface area contributed by atoms with Crippen LogP contribution < -0.4 is 0 Å². The first-order valence-corrected chi connectivity index (χ1v) is 10.1. The van der Waals surface area contributed by atoms with Crippen molar-refractivity contribution in [3.63, 3.8) is 0 Å². The number of ether oxygens (including phenoxy) is 1. The second-order valence-electron chi connectivity index (χ2n) is 7.87. The van der Waals surface area contributed by atoms with Gasteiger partial charge in [0.1, 0.15) is 5.60 Å². The van der Waals surface area contributed by atoms with Gasteiger partial charge in [-0.15, -0.1) is 0 Å². The maximum Gasteiger partial charge on any atom is 0.410 e. The maximum absolute atomic E-state index is 12.3. The third-order valence-corrected chi connectivity index (χ3v) is 4.24. The molecule has 2 N–H and O–H groups in total. The van der Waals surface area contributed by atoms with E-state index >= 15 is 0 Å². The molecular formula is C20H41NO4. The number of rotatable bonds is 14. The second-order valence-corrected chi connectivity index (χ2v) is 7.87. The number of hydrogen-bond acceptors (Lipinski definition) is 4. The first kappa shape index (κ1) is 24.2. The molecule has 0 saturated heterocycles. The van der Waals surface area contributed by atoms with Gasteiger partial charge in [-0.05, 0) is 27.2 Å². The van der Waals surface area contributed by atoms with Gasteiger partial charge in [0.2, 0.25) is 0 Å². The van der Waals surface area contributed by atoms with E-state index in [2.05, 4.69) is 6.92 Å². The van der Waals surface area contributed by atoms with Gasteiger partial charge in [0.05, 0.1) is 19.3 Å². The van der Waals surface area contributed by atoms with Crippen molar-refractivity contribution in [2.75, 3.05) is 19.8 Å². The molecule has 0 radical (unpaired) electrons. The van der Waals surface area contributed by atoms with E-state index in [1.165, 1.54) is 56.3 Å². The molecule has 0 rings (SSSR count). The highest BCUT2D eigenvalue weighted by molar-refractivity contribution is 5.68. The van der Waals surface area contributed by atoms with E-state index < -0.39 is 17.7 Å². The molecule has 25 heavy (non-hydrogen) atoms. The standard InChI is InChI=1S/C20H41NO4/c1-5-6-7-8-9-10-11-12-13-14-15-21(18(16-22)17-23)19(24)25-20(2,3)4/h18,22-23H,5-17H2,1-4H3. The Morgan fingerprint density at radius 2 is 1.32 bits per heavy atom. The van der Waals surface area contributed by atoms with Gasteiger partial charge in [0.25, 0.3) is 0 Å². The number of amides is 1. The van der Waals surface area contributed by atoms with Crippen LogP contribution in [0.25, 0.3) is 0 Å². The molecule has 0 fully saturated rings. The van der Waals surface area contributed by atoms with Gasteiger partial charge in [0, 0.05) is 6.54 Å². The summed E-state index contributed by atoms with van der Waals surface area (Å²) in [4.78, 5) is 13.8. The zero-order valence-electron chi connectivity index (χ0n) is 16.9.